The molecule has 1 aromatic rings. The Morgan fingerprint density at radius 2 is 1.67 bits per heavy atom. The molecule has 0 saturated heterocycles. The lowest BCUT2D eigenvalue weighted by Crippen LogP contribution is -2.19. The lowest BCUT2D eigenvalue weighted by molar-refractivity contribution is -0.202. The van der Waals surface area contributed by atoms with Crippen molar-refractivity contribution >= 4 is 0 Å². The normalized spacial score (nSPS) is 16.5. The van der Waals surface area contributed by atoms with Crippen LogP contribution >= 0.6 is 0 Å². The van der Waals surface area contributed by atoms with Crippen molar-refractivity contribution in [3.63, 3.8) is 0 Å². The summed E-state index contributed by atoms with van der Waals surface area (Å²) < 4.78 is 17.1. The molecule has 0 aliphatic heterocycles. The first kappa shape index (κ1) is 15.2. The van der Waals surface area contributed by atoms with Gasteiger partial charge in [0.15, 0.2) is 5.76 Å². The zero-order valence-electron chi connectivity index (χ0n) is 11.7. The van der Waals surface area contributed by atoms with E-state index in [9.17, 15) is 0 Å². The zero-order chi connectivity index (χ0) is 13.5. The van der Waals surface area contributed by atoms with E-state index in [1.54, 1.807) is 12.1 Å². The Hall–Kier alpha value is -0.840. The maximum Gasteiger partial charge on any atom is 0.217 e. The SMILES string of the molecule is CCC(C)OC(OC(C)CC)c1ccc(CO)o1. The number of aliphatic hydroxyl groups is 1. The zero-order valence-corrected chi connectivity index (χ0v) is 11.7. The Morgan fingerprint density at radius 3 is 2.06 bits per heavy atom. The van der Waals surface area contributed by atoms with Crippen LogP contribution in [0.15, 0.2) is 16.5 Å². The van der Waals surface area contributed by atoms with Crippen molar-refractivity contribution in [1.29, 1.82) is 0 Å². The highest BCUT2D eigenvalue weighted by Gasteiger charge is 2.21. The fraction of sp³-hybridized carbons (Fsp3) is 0.714. The molecule has 4 heteroatoms. The van der Waals surface area contributed by atoms with Gasteiger partial charge >= 0.3 is 0 Å². The fourth-order valence-electron chi connectivity index (χ4n) is 1.39. The third kappa shape index (κ3) is 4.44. The predicted octanol–water partition coefficient (Wildman–Crippen LogP) is 3.40. The van der Waals surface area contributed by atoms with Crippen molar-refractivity contribution in [2.75, 3.05) is 0 Å². The molecule has 1 rings (SSSR count). The van der Waals surface area contributed by atoms with Crippen molar-refractivity contribution in [2.45, 2.75) is 65.6 Å². The van der Waals surface area contributed by atoms with Gasteiger partial charge in [-0.1, -0.05) is 13.8 Å². The molecule has 0 amide bonds. The fourth-order valence-corrected chi connectivity index (χ4v) is 1.39. The standard InChI is InChI=1S/C14H24O4/c1-5-10(3)16-14(17-11(4)6-2)13-8-7-12(9-15)18-13/h7-8,10-11,14-15H,5-6,9H2,1-4H3. The second-order valence-corrected chi connectivity index (χ2v) is 4.50. The third-order valence-corrected chi connectivity index (χ3v) is 2.93. The molecule has 0 saturated carbocycles. The number of ether oxygens (including phenoxy) is 2. The Labute approximate surface area is 109 Å². The van der Waals surface area contributed by atoms with Crippen LogP contribution in [-0.4, -0.2) is 17.3 Å². The van der Waals surface area contributed by atoms with Gasteiger partial charge in [0, 0.05) is 0 Å². The Balaban J connectivity index is 2.75. The van der Waals surface area contributed by atoms with Gasteiger partial charge in [-0.2, -0.15) is 0 Å². The average Bonchev–Trinajstić information content (AvgIpc) is 2.86. The first-order chi connectivity index (χ1) is 8.60. The van der Waals surface area contributed by atoms with Crippen LogP contribution in [0.1, 0.15) is 58.3 Å². The molecule has 1 heterocycles. The minimum atomic E-state index is -0.504. The van der Waals surface area contributed by atoms with E-state index in [1.165, 1.54) is 0 Å². The van der Waals surface area contributed by atoms with Gasteiger partial charge in [0.2, 0.25) is 6.29 Å². The van der Waals surface area contributed by atoms with E-state index in [-0.39, 0.29) is 18.8 Å². The molecule has 0 radical (unpaired) electrons. The van der Waals surface area contributed by atoms with Gasteiger partial charge in [-0.25, -0.2) is 0 Å². The van der Waals surface area contributed by atoms with Crippen LogP contribution < -0.4 is 0 Å². The molecule has 0 aromatic carbocycles. The first-order valence-electron chi connectivity index (χ1n) is 6.61. The lowest BCUT2D eigenvalue weighted by atomic mass is 10.3. The van der Waals surface area contributed by atoms with E-state index in [0.717, 1.165) is 12.8 Å². The largest absolute Gasteiger partial charge is 0.458 e. The highest BCUT2D eigenvalue weighted by molar-refractivity contribution is 5.07. The maximum absolute atomic E-state index is 9.01. The molecule has 4 nitrogen and oxygen atoms in total. The van der Waals surface area contributed by atoms with Crippen LogP contribution in [0.25, 0.3) is 0 Å². The summed E-state index contributed by atoms with van der Waals surface area (Å²) in [5, 5.41) is 9.01. The van der Waals surface area contributed by atoms with Crippen LogP contribution in [0.3, 0.4) is 0 Å². The molecular formula is C14H24O4. The molecule has 0 spiro atoms. The first-order valence-corrected chi connectivity index (χ1v) is 6.61. The van der Waals surface area contributed by atoms with E-state index in [1.807, 2.05) is 13.8 Å². The topological polar surface area (TPSA) is 51.8 Å². The molecule has 0 fully saturated rings. The monoisotopic (exact) mass is 256 g/mol. The van der Waals surface area contributed by atoms with E-state index in [4.69, 9.17) is 19.0 Å². The van der Waals surface area contributed by atoms with Crippen molar-refractivity contribution in [2.24, 2.45) is 0 Å². The predicted molar refractivity (Wildman–Crippen MR) is 69.0 cm³/mol. The van der Waals surface area contributed by atoms with Crippen molar-refractivity contribution in [1.82, 2.24) is 0 Å². The van der Waals surface area contributed by atoms with Crippen LogP contribution in [-0.2, 0) is 16.1 Å². The van der Waals surface area contributed by atoms with E-state index in [2.05, 4.69) is 13.8 Å². The summed E-state index contributed by atoms with van der Waals surface area (Å²) in [5.74, 6) is 1.13. The number of aliphatic hydroxyl groups excluding tert-OH is 1. The molecule has 0 bridgehead atoms. The summed E-state index contributed by atoms with van der Waals surface area (Å²) >= 11 is 0. The van der Waals surface area contributed by atoms with E-state index < -0.39 is 6.29 Å². The molecule has 1 aromatic heterocycles. The van der Waals surface area contributed by atoms with Gasteiger partial charge in [-0.3, -0.25) is 0 Å². The minimum absolute atomic E-state index is 0.0988. The van der Waals surface area contributed by atoms with Crippen LogP contribution in [0, 0.1) is 0 Å². The van der Waals surface area contributed by atoms with Gasteiger partial charge in [-0.15, -0.1) is 0 Å². The van der Waals surface area contributed by atoms with Gasteiger partial charge in [0.25, 0.3) is 0 Å². The number of hydrogen-bond acceptors (Lipinski definition) is 4. The van der Waals surface area contributed by atoms with Crippen molar-refractivity contribution in [3.05, 3.63) is 23.7 Å². The lowest BCUT2D eigenvalue weighted by Gasteiger charge is -2.23. The Kier molecular flexibility index (Phi) is 6.39. The smallest absolute Gasteiger partial charge is 0.217 e. The van der Waals surface area contributed by atoms with Crippen molar-refractivity contribution < 1.29 is 19.0 Å². The van der Waals surface area contributed by atoms with Gasteiger partial charge in [0.05, 0.1) is 12.2 Å². The second kappa shape index (κ2) is 7.56. The highest BCUT2D eigenvalue weighted by atomic mass is 16.7. The number of rotatable bonds is 8. The summed E-state index contributed by atoms with van der Waals surface area (Å²) in [6.07, 6.45) is 1.51. The Bertz CT molecular complexity index is 322. The van der Waals surface area contributed by atoms with E-state index >= 15 is 0 Å². The molecule has 104 valence electrons. The molecule has 1 N–H and O–H groups in total. The maximum atomic E-state index is 9.01. The Morgan fingerprint density at radius 1 is 1.11 bits per heavy atom. The summed E-state index contributed by atoms with van der Waals surface area (Å²) in [6.45, 7) is 8.02. The number of furan rings is 1. The molecule has 18 heavy (non-hydrogen) atoms. The average molecular weight is 256 g/mol. The second-order valence-electron chi connectivity index (χ2n) is 4.50. The molecule has 2 unspecified atom stereocenters. The molecular weight excluding hydrogens is 232 g/mol. The third-order valence-electron chi connectivity index (χ3n) is 2.93. The highest BCUT2D eigenvalue weighted by Crippen LogP contribution is 2.25. The van der Waals surface area contributed by atoms with Gasteiger partial charge in [0.1, 0.15) is 12.4 Å². The van der Waals surface area contributed by atoms with Crippen LogP contribution in [0.4, 0.5) is 0 Å². The summed E-state index contributed by atoms with van der Waals surface area (Å²) in [7, 11) is 0. The molecule has 2 atom stereocenters. The van der Waals surface area contributed by atoms with Crippen LogP contribution in [0.5, 0.6) is 0 Å². The number of hydrogen-bond donors (Lipinski definition) is 1. The molecule has 0 aliphatic rings. The summed E-state index contributed by atoms with van der Waals surface area (Å²) in [4.78, 5) is 0. The van der Waals surface area contributed by atoms with E-state index in [0.29, 0.717) is 11.5 Å². The quantitative estimate of drug-likeness (QED) is 0.724. The summed E-state index contributed by atoms with van der Waals surface area (Å²) in [6, 6.07) is 3.53. The van der Waals surface area contributed by atoms with Crippen molar-refractivity contribution in [3.8, 4) is 0 Å². The molecule has 0 aliphatic carbocycles. The summed E-state index contributed by atoms with van der Waals surface area (Å²) in [5.41, 5.74) is 0. The van der Waals surface area contributed by atoms with Gasteiger partial charge < -0.3 is 19.0 Å². The minimum Gasteiger partial charge on any atom is -0.458 e. The van der Waals surface area contributed by atoms with Gasteiger partial charge in [-0.05, 0) is 38.8 Å². The van der Waals surface area contributed by atoms with Crippen LogP contribution in [0.2, 0.25) is 0 Å².